The van der Waals surface area contributed by atoms with Crippen LogP contribution in [0.5, 0.6) is 0 Å². The number of unbranched alkanes of at least 4 members (excludes halogenated alkanes) is 1. The lowest BCUT2D eigenvalue weighted by Gasteiger charge is -2.02. The highest BCUT2D eigenvalue weighted by atomic mass is 32.1. The maximum Gasteiger partial charge on any atom is 0.294 e. The molecule has 7 nitrogen and oxygen atoms in total. The van der Waals surface area contributed by atoms with Crippen LogP contribution in [0.25, 0.3) is 0 Å². The third kappa shape index (κ3) is 5.25. The van der Waals surface area contributed by atoms with Gasteiger partial charge in [0.15, 0.2) is 0 Å². The Kier molecular flexibility index (Phi) is 5.34. The van der Waals surface area contributed by atoms with Gasteiger partial charge >= 0.3 is 0 Å². The Bertz CT molecular complexity index is 393. The molecule has 0 fully saturated rings. The first-order valence-electron chi connectivity index (χ1n) is 5.07. The SMILES string of the molecule is Cc1nc(C(=O)NCCCCO[N+](=O)[O-])cs1. The summed E-state index contributed by atoms with van der Waals surface area (Å²) >= 11 is 1.42. The topological polar surface area (TPSA) is 94.4 Å². The van der Waals surface area contributed by atoms with Crippen molar-refractivity contribution in [2.75, 3.05) is 13.2 Å². The minimum absolute atomic E-state index is 0.0542. The molecular formula is C9H13N3O4S. The number of hydrogen-bond acceptors (Lipinski definition) is 6. The van der Waals surface area contributed by atoms with Crippen LogP contribution in [-0.2, 0) is 4.84 Å². The number of hydrogen-bond donors (Lipinski definition) is 1. The highest BCUT2D eigenvalue weighted by molar-refractivity contribution is 7.09. The number of aromatic nitrogens is 1. The summed E-state index contributed by atoms with van der Waals surface area (Å²) < 4.78 is 0. The van der Waals surface area contributed by atoms with Crippen molar-refractivity contribution in [2.45, 2.75) is 19.8 Å². The van der Waals surface area contributed by atoms with Gasteiger partial charge in [0.2, 0.25) is 0 Å². The Hall–Kier alpha value is -1.70. The second-order valence-electron chi connectivity index (χ2n) is 3.27. The first kappa shape index (κ1) is 13.4. The molecule has 0 aromatic carbocycles. The molecule has 0 spiro atoms. The smallest absolute Gasteiger partial charge is 0.294 e. The van der Waals surface area contributed by atoms with Crippen LogP contribution in [0.2, 0.25) is 0 Å². The van der Waals surface area contributed by atoms with E-state index in [0.717, 1.165) is 5.01 Å². The molecule has 0 aliphatic heterocycles. The van der Waals surface area contributed by atoms with Crippen LogP contribution >= 0.6 is 11.3 Å². The quantitative estimate of drug-likeness (QED) is 0.450. The molecule has 1 aromatic rings. The monoisotopic (exact) mass is 259 g/mol. The van der Waals surface area contributed by atoms with Gasteiger partial charge in [0.05, 0.1) is 11.6 Å². The van der Waals surface area contributed by atoms with Gasteiger partial charge in [0.25, 0.3) is 11.0 Å². The fourth-order valence-corrected chi connectivity index (χ4v) is 1.72. The van der Waals surface area contributed by atoms with E-state index in [1.54, 1.807) is 5.38 Å². The molecule has 0 saturated heterocycles. The summed E-state index contributed by atoms with van der Waals surface area (Å²) in [5.74, 6) is -0.218. The van der Waals surface area contributed by atoms with Crippen molar-refractivity contribution < 1.29 is 14.7 Å². The van der Waals surface area contributed by atoms with Gasteiger partial charge in [-0.25, -0.2) is 4.98 Å². The van der Waals surface area contributed by atoms with Crippen LogP contribution in [0.1, 0.15) is 28.3 Å². The van der Waals surface area contributed by atoms with Crippen molar-refractivity contribution in [1.82, 2.24) is 10.3 Å². The van der Waals surface area contributed by atoms with E-state index in [4.69, 9.17) is 0 Å². The molecule has 1 N–H and O–H groups in total. The summed E-state index contributed by atoms with van der Waals surface area (Å²) in [5.41, 5.74) is 0.411. The molecule has 0 aliphatic rings. The Morgan fingerprint density at radius 2 is 2.41 bits per heavy atom. The second-order valence-corrected chi connectivity index (χ2v) is 4.33. The van der Waals surface area contributed by atoms with Gasteiger partial charge in [-0.05, 0) is 19.8 Å². The maximum absolute atomic E-state index is 11.5. The van der Waals surface area contributed by atoms with Crippen LogP contribution in [-0.4, -0.2) is 29.1 Å². The first-order chi connectivity index (χ1) is 8.09. The summed E-state index contributed by atoms with van der Waals surface area (Å²) in [5, 5.41) is 14.2. The summed E-state index contributed by atoms with van der Waals surface area (Å²) in [4.78, 5) is 29.5. The Balaban J connectivity index is 2.11. The lowest BCUT2D eigenvalue weighted by Crippen LogP contribution is -2.25. The van der Waals surface area contributed by atoms with Crippen molar-refractivity contribution in [2.24, 2.45) is 0 Å². The highest BCUT2D eigenvalue weighted by Gasteiger charge is 2.07. The highest BCUT2D eigenvalue weighted by Crippen LogP contribution is 2.07. The van der Waals surface area contributed by atoms with Gasteiger partial charge in [0.1, 0.15) is 5.69 Å². The summed E-state index contributed by atoms with van der Waals surface area (Å²) in [7, 11) is 0. The number of thiazole rings is 1. The van der Waals surface area contributed by atoms with Crippen molar-refractivity contribution in [3.05, 3.63) is 26.2 Å². The minimum Gasteiger partial charge on any atom is -0.351 e. The summed E-state index contributed by atoms with van der Waals surface area (Å²) in [6.07, 6.45) is 1.15. The third-order valence-electron chi connectivity index (χ3n) is 1.91. The Morgan fingerprint density at radius 3 is 3.00 bits per heavy atom. The number of amides is 1. The van der Waals surface area contributed by atoms with Crippen LogP contribution in [0.3, 0.4) is 0 Å². The fourth-order valence-electron chi connectivity index (χ4n) is 1.13. The molecule has 0 saturated carbocycles. The lowest BCUT2D eigenvalue weighted by atomic mass is 10.3. The number of rotatable bonds is 7. The van der Waals surface area contributed by atoms with Crippen molar-refractivity contribution in [3.63, 3.8) is 0 Å². The molecule has 17 heavy (non-hydrogen) atoms. The van der Waals surface area contributed by atoms with Crippen molar-refractivity contribution >= 4 is 17.2 Å². The Labute approximate surface area is 102 Å². The van der Waals surface area contributed by atoms with Crippen LogP contribution in [0, 0.1) is 17.0 Å². The van der Waals surface area contributed by atoms with E-state index in [1.165, 1.54) is 11.3 Å². The van der Waals surface area contributed by atoms with E-state index in [9.17, 15) is 14.9 Å². The fraction of sp³-hybridized carbons (Fsp3) is 0.556. The standard InChI is InChI=1S/C9H13N3O4S/c1-7-11-8(6-17-7)9(13)10-4-2-3-5-16-12(14)15/h6H,2-5H2,1H3,(H,10,13). The van der Waals surface area contributed by atoms with E-state index >= 15 is 0 Å². The van der Waals surface area contributed by atoms with Crippen molar-refractivity contribution in [3.8, 4) is 0 Å². The molecule has 1 heterocycles. The molecule has 0 atom stereocenters. The average Bonchev–Trinajstić information content (AvgIpc) is 2.69. The van der Waals surface area contributed by atoms with E-state index in [-0.39, 0.29) is 12.5 Å². The number of aryl methyl sites for hydroxylation is 1. The van der Waals surface area contributed by atoms with E-state index < -0.39 is 5.09 Å². The van der Waals surface area contributed by atoms with Gasteiger partial charge in [-0.1, -0.05) is 0 Å². The number of nitrogens with one attached hydrogen (secondary N) is 1. The normalized spacial score (nSPS) is 9.94. The van der Waals surface area contributed by atoms with Gasteiger partial charge in [-0.3, -0.25) is 4.79 Å². The largest absolute Gasteiger partial charge is 0.351 e. The molecule has 0 aliphatic carbocycles. The van der Waals surface area contributed by atoms with Crippen LogP contribution < -0.4 is 5.32 Å². The molecule has 0 radical (unpaired) electrons. The molecular weight excluding hydrogens is 246 g/mol. The first-order valence-corrected chi connectivity index (χ1v) is 5.95. The zero-order valence-corrected chi connectivity index (χ0v) is 10.2. The number of carbonyl (C=O) groups excluding carboxylic acids is 1. The van der Waals surface area contributed by atoms with Crippen molar-refractivity contribution in [1.29, 1.82) is 0 Å². The summed E-state index contributed by atoms with van der Waals surface area (Å²) in [6, 6.07) is 0. The lowest BCUT2D eigenvalue weighted by molar-refractivity contribution is -0.757. The zero-order valence-electron chi connectivity index (χ0n) is 9.34. The third-order valence-corrected chi connectivity index (χ3v) is 2.68. The van der Waals surface area contributed by atoms with E-state index in [0.29, 0.717) is 25.1 Å². The number of carbonyl (C=O) groups is 1. The molecule has 8 heteroatoms. The zero-order chi connectivity index (χ0) is 12.7. The van der Waals surface area contributed by atoms with E-state index in [1.807, 2.05) is 6.92 Å². The average molecular weight is 259 g/mol. The van der Waals surface area contributed by atoms with E-state index in [2.05, 4.69) is 15.1 Å². The molecule has 1 amide bonds. The van der Waals surface area contributed by atoms with Crippen LogP contribution in [0.4, 0.5) is 0 Å². The summed E-state index contributed by atoms with van der Waals surface area (Å²) in [6.45, 7) is 2.34. The van der Waals surface area contributed by atoms with Gasteiger partial charge in [-0.2, -0.15) is 0 Å². The molecule has 1 aromatic heterocycles. The van der Waals surface area contributed by atoms with Gasteiger partial charge in [0, 0.05) is 11.9 Å². The van der Waals surface area contributed by atoms with Gasteiger partial charge in [-0.15, -0.1) is 21.5 Å². The molecule has 1 rings (SSSR count). The predicted molar refractivity (Wildman–Crippen MR) is 61.4 cm³/mol. The molecule has 0 unspecified atom stereocenters. The molecule has 94 valence electrons. The Morgan fingerprint density at radius 1 is 1.65 bits per heavy atom. The molecule has 0 bridgehead atoms. The maximum atomic E-state index is 11.5. The van der Waals surface area contributed by atoms with Gasteiger partial charge < -0.3 is 10.2 Å². The van der Waals surface area contributed by atoms with Crippen LogP contribution in [0.15, 0.2) is 5.38 Å². The number of nitrogens with zero attached hydrogens (tertiary/aromatic N) is 2. The predicted octanol–water partition coefficient (Wildman–Crippen LogP) is 1.17. The minimum atomic E-state index is -0.823. The second kappa shape index (κ2) is 6.79.